The summed E-state index contributed by atoms with van der Waals surface area (Å²) < 4.78 is 5.11. The lowest BCUT2D eigenvalue weighted by atomic mass is 9.85. The van der Waals surface area contributed by atoms with Gasteiger partial charge in [0, 0.05) is 24.2 Å². The molecule has 1 aromatic carbocycles. The number of benzene rings is 1. The van der Waals surface area contributed by atoms with E-state index in [0.717, 1.165) is 11.4 Å². The largest absolute Gasteiger partial charge is 0.497 e. The minimum absolute atomic E-state index is 0.0497. The lowest BCUT2D eigenvalue weighted by Crippen LogP contribution is -2.43. The second-order valence-electron chi connectivity index (χ2n) is 6.42. The molecule has 1 aromatic rings. The SMILES string of the molecule is COc1ccc(NC(=O)CC(C)NC2CCCCC2C)cc1. The van der Waals surface area contributed by atoms with Crippen molar-refractivity contribution in [2.24, 2.45) is 5.92 Å². The number of hydrogen-bond donors (Lipinski definition) is 2. The fourth-order valence-electron chi connectivity index (χ4n) is 3.15. The Morgan fingerprint density at radius 3 is 2.59 bits per heavy atom. The van der Waals surface area contributed by atoms with E-state index in [0.29, 0.717) is 18.4 Å². The summed E-state index contributed by atoms with van der Waals surface area (Å²) in [7, 11) is 1.63. The van der Waals surface area contributed by atoms with Crippen LogP contribution >= 0.6 is 0 Å². The van der Waals surface area contributed by atoms with E-state index in [1.54, 1.807) is 7.11 Å². The summed E-state index contributed by atoms with van der Waals surface area (Å²) >= 11 is 0. The highest BCUT2D eigenvalue weighted by molar-refractivity contribution is 5.91. The van der Waals surface area contributed by atoms with Gasteiger partial charge in [-0.3, -0.25) is 4.79 Å². The third kappa shape index (κ3) is 5.02. The summed E-state index contributed by atoms with van der Waals surface area (Å²) in [5, 5.41) is 6.56. The van der Waals surface area contributed by atoms with Crippen LogP contribution in [0.4, 0.5) is 5.69 Å². The Labute approximate surface area is 133 Å². The fraction of sp³-hybridized carbons (Fsp3) is 0.611. The maximum absolute atomic E-state index is 12.1. The number of amides is 1. The highest BCUT2D eigenvalue weighted by Gasteiger charge is 2.23. The quantitative estimate of drug-likeness (QED) is 0.844. The van der Waals surface area contributed by atoms with Crippen molar-refractivity contribution in [3.8, 4) is 5.75 Å². The molecule has 0 aromatic heterocycles. The lowest BCUT2D eigenvalue weighted by Gasteiger charge is -2.32. The van der Waals surface area contributed by atoms with Crippen molar-refractivity contribution >= 4 is 11.6 Å². The molecule has 1 aliphatic rings. The van der Waals surface area contributed by atoms with E-state index in [1.807, 2.05) is 24.3 Å². The average molecular weight is 304 g/mol. The van der Waals surface area contributed by atoms with Crippen LogP contribution in [-0.2, 0) is 4.79 Å². The Morgan fingerprint density at radius 1 is 1.27 bits per heavy atom. The maximum Gasteiger partial charge on any atom is 0.225 e. The van der Waals surface area contributed by atoms with Crippen LogP contribution in [0, 0.1) is 5.92 Å². The summed E-state index contributed by atoms with van der Waals surface area (Å²) in [5.41, 5.74) is 0.809. The number of carbonyl (C=O) groups excluding carboxylic acids is 1. The molecule has 0 saturated heterocycles. The summed E-state index contributed by atoms with van der Waals surface area (Å²) in [6.45, 7) is 4.40. The summed E-state index contributed by atoms with van der Waals surface area (Å²) in [5.74, 6) is 1.55. The first-order valence-electron chi connectivity index (χ1n) is 8.28. The van der Waals surface area contributed by atoms with Gasteiger partial charge < -0.3 is 15.4 Å². The van der Waals surface area contributed by atoms with Gasteiger partial charge >= 0.3 is 0 Å². The van der Waals surface area contributed by atoms with Crippen LogP contribution in [0.2, 0.25) is 0 Å². The van der Waals surface area contributed by atoms with Crippen LogP contribution in [0.15, 0.2) is 24.3 Å². The normalized spacial score (nSPS) is 22.9. The third-order valence-corrected chi connectivity index (χ3v) is 4.48. The minimum atomic E-state index is 0.0497. The molecule has 122 valence electrons. The van der Waals surface area contributed by atoms with Crippen molar-refractivity contribution in [3.05, 3.63) is 24.3 Å². The molecule has 1 fully saturated rings. The van der Waals surface area contributed by atoms with Gasteiger partial charge in [0.05, 0.1) is 7.11 Å². The summed E-state index contributed by atoms with van der Waals surface area (Å²) in [6, 6.07) is 8.17. The Bertz CT molecular complexity index is 472. The number of nitrogens with one attached hydrogen (secondary N) is 2. The van der Waals surface area contributed by atoms with Crippen molar-refractivity contribution in [1.29, 1.82) is 0 Å². The molecule has 3 atom stereocenters. The third-order valence-electron chi connectivity index (χ3n) is 4.48. The number of carbonyl (C=O) groups is 1. The monoisotopic (exact) mass is 304 g/mol. The molecule has 0 radical (unpaired) electrons. The van der Waals surface area contributed by atoms with Gasteiger partial charge in [-0.05, 0) is 49.9 Å². The van der Waals surface area contributed by atoms with E-state index in [-0.39, 0.29) is 11.9 Å². The second-order valence-corrected chi connectivity index (χ2v) is 6.42. The zero-order valence-corrected chi connectivity index (χ0v) is 13.9. The average Bonchev–Trinajstić information content (AvgIpc) is 2.50. The first-order chi connectivity index (χ1) is 10.6. The smallest absolute Gasteiger partial charge is 0.225 e. The molecular formula is C18H28N2O2. The van der Waals surface area contributed by atoms with Gasteiger partial charge in [-0.15, -0.1) is 0 Å². The Hall–Kier alpha value is -1.55. The zero-order chi connectivity index (χ0) is 15.9. The van der Waals surface area contributed by atoms with Crippen LogP contribution < -0.4 is 15.4 Å². The molecule has 1 amide bonds. The van der Waals surface area contributed by atoms with Crippen molar-refractivity contribution in [3.63, 3.8) is 0 Å². The van der Waals surface area contributed by atoms with Crippen LogP contribution in [-0.4, -0.2) is 25.1 Å². The van der Waals surface area contributed by atoms with Crippen LogP contribution in [0.3, 0.4) is 0 Å². The molecule has 4 nitrogen and oxygen atoms in total. The molecular weight excluding hydrogens is 276 g/mol. The topological polar surface area (TPSA) is 50.4 Å². The van der Waals surface area contributed by atoms with Crippen molar-refractivity contribution in [1.82, 2.24) is 5.32 Å². The van der Waals surface area contributed by atoms with Crippen LogP contribution in [0.25, 0.3) is 0 Å². The Balaban J connectivity index is 1.77. The number of hydrogen-bond acceptors (Lipinski definition) is 3. The summed E-state index contributed by atoms with van der Waals surface area (Å²) in [4.78, 5) is 12.1. The molecule has 0 bridgehead atoms. The van der Waals surface area contributed by atoms with E-state index in [1.165, 1.54) is 25.7 Å². The number of rotatable bonds is 6. The van der Waals surface area contributed by atoms with E-state index in [9.17, 15) is 4.79 Å². The zero-order valence-electron chi connectivity index (χ0n) is 13.9. The first kappa shape index (κ1) is 16.8. The second kappa shape index (κ2) is 8.18. The van der Waals surface area contributed by atoms with Gasteiger partial charge in [-0.2, -0.15) is 0 Å². The van der Waals surface area contributed by atoms with Crippen molar-refractivity contribution < 1.29 is 9.53 Å². The van der Waals surface area contributed by atoms with Gasteiger partial charge in [-0.25, -0.2) is 0 Å². The molecule has 2 rings (SSSR count). The molecule has 2 N–H and O–H groups in total. The molecule has 1 aliphatic carbocycles. The molecule has 4 heteroatoms. The molecule has 0 aliphatic heterocycles. The van der Waals surface area contributed by atoms with E-state index in [2.05, 4.69) is 24.5 Å². The number of anilines is 1. The number of methoxy groups -OCH3 is 1. The fourth-order valence-corrected chi connectivity index (χ4v) is 3.15. The summed E-state index contributed by atoms with van der Waals surface area (Å²) in [6.07, 6.45) is 5.65. The van der Waals surface area contributed by atoms with E-state index in [4.69, 9.17) is 4.74 Å². The number of ether oxygens (including phenoxy) is 1. The maximum atomic E-state index is 12.1. The predicted molar refractivity (Wildman–Crippen MR) is 90.3 cm³/mol. The van der Waals surface area contributed by atoms with Crippen molar-refractivity contribution in [2.75, 3.05) is 12.4 Å². The first-order valence-corrected chi connectivity index (χ1v) is 8.28. The highest BCUT2D eigenvalue weighted by atomic mass is 16.5. The van der Waals surface area contributed by atoms with Crippen LogP contribution in [0.5, 0.6) is 5.75 Å². The lowest BCUT2D eigenvalue weighted by molar-refractivity contribution is -0.116. The van der Waals surface area contributed by atoms with Gasteiger partial charge in [0.25, 0.3) is 0 Å². The minimum Gasteiger partial charge on any atom is -0.497 e. The standard InChI is InChI=1S/C18H28N2O2/c1-13-6-4-5-7-17(13)19-14(2)12-18(21)20-15-8-10-16(22-3)11-9-15/h8-11,13-14,17,19H,4-7,12H2,1-3H3,(H,20,21). The Morgan fingerprint density at radius 2 is 1.95 bits per heavy atom. The van der Waals surface area contributed by atoms with Gasteiger partial charge in [-0.1, -0.05) is 19.8 Å². The molecule has 0 spiro atoms. The van der Waals surface area contributed by atoms with Gasteiger partial charge in [0.1, 0.15) is 5.75 Å². The van der Waals surface area contributed by atoms with Crippen LogP contribution in [0.1, 0.15) is 46.0 Å². The Kier molecular flexibility index (Phi) is 6.25. The molecule has 0 heterocycles. The molecule has 1 saturated carbocycles. The van der Waals surface area contributed by atoms with Gasteiger partial charge in [0.15, 0.2) is 0 Å². The molecule has 3 unspecified atom stereocenters. The van der Waals surface area contributed by atoms with Crippen molar-refractivity contribution in [2.45, 2.75) is 58.0 Å². The van der Waals surface area contributed by atoms with E-state index < -0.39 is 0 Å². The van der Waals surface area contributed by atoms with Gasteiger partial charge in [0.2, 0.25) is 5.91 Å². The predicted octanol–water partition coefficient (Wildman–Crippen LogP) is 3.58. The highest BCUT2D eigenvalue weighted by Crippen LogP contribution is 2.24. The molecule has 22 heavy (non-hydrogen) atoms. The van der Waals surface area contributed by atoms with E-state index >= 15 is 0 Å².